The first kappa shape index (κ1) is 16.5. The highest BCUT2D eigenvalue weighted by Crippen LogP contribution is 2.16. The van der Waals surface area contributed by atoms with Gasteiger partial charge in [0.25, 0.3) is 0 Å². The third-order valence-corrected chi connectivity index (χ3v) is 3.62. The van der Waals surface area contributed by atoms with E-state index in [0.29, 0.717) is 11.4 Å². The highest BCUT2D eigenvalue weighted by atomic mass is 32.2. The van der Waals surface area contributed by atoms with Crippen LogP contribution in [0.3, 0.4) is 0 Å². The second kappa shape index (κ2) is 7.25. The summed E-state index contributed by atoms with van der Waals surface area (Å²) in [6, 6.07) is 6.73. The van der Waals surface area contributed by atoms with Gasteiger partial charge in [-0.05, 0) is 19.1 Å². The number of benzene rings is 1. The van der Waals surface area contributed by atoms with Gasteiger partial charge in [0.15, 0.2) is 0 Å². The zero-order valence-corrected chi connectivity index (χ0v) is 12.7. The summed E-state index contributed by atoms with van der Waals surface area (Å²) < 4.78 is 27.2. The molecule has 112 valence electrons. The Morgan fingerprint density at radius 1 is 1.40 bits per heavy atom. The van der Waals surface area contributed by atoms with Crippen molar-refractivity contribution < 1.29 is 17.9 Å². The third kappa shape index (κ3) is 6.53. The number of sulfone groups is 1. The maximum Gasteiger partial charge on any atom is 0.238 e. The molecule has 0 aliphatic carbocycles. The summed E-state index contributed by atoms with van der Waals surface area (Å²) in [5.74, 6) is 0.416. The predicted octanol–water partition coefficient (Wildman–Crippen LogP) is 0.656. The molecular formula is C13H20N2O4S. The first-order valence-electron chi connectivity index (χ1n) is 6.15. The Morgan fingerprint density at radius 3 is 2.70 bits per heavy atom. The first-order chi connectivity index (χ1) is 9.30. The zero-order valence-electron chi connectivity index (χ0n) is 11.8. The van der Waals surface area contributed by atoms with Crippen molar-refractivity contribution in [3.8, 4) is 5.75 Å². The van der Waals surface area contributed by atoms with Crippen LogP contribution in [-0.4, -0.2) is 46.0 Å². The van der Waals surface area contributed by atoms with Crippen LogP contribution in [0.25, 0.3) is 0 Å². The number of amides is 1. The molecule has 1 atom stereocenters. The molecule has 0 radical (unpaired) electrons. The predicted molar refractivity (Wildman–Crippen MR) is 78.8 cm³/mol. The number of nitrogens with one attached hydrogen (secondary N) is 2. The Hall–Kier alpha value is -1.60. The highest BCUT2D eigenvalue weighted by molar-refractivity contribution is 7.90. The van der Waals surface area contributed by atoms with Gasteiger partial charge in [-0.3, -0.25) is 4.79 Å². The summed E-state index contributed by atoms with van der Waals surface area (Å²) in [7, 11) is -1.50. The van der Waals surface area contributed by atoms with E-state index in [2.05, 4.69) is 10.6 Å². The molecule has 0 heterocycles. The fraction of sp³-hybridized carbons (Fsp3) is 0.462. The Morgan fingerprint density at radius 2 is 2.10 bits per heavy atom. The number of rotatable bonds is 7. The van der Waals surface area contributed by atoms with Crippen LogP contribution in [0.15, 0.2) is 24.3 Å². The lowest BCUT2D eigenvalue weighted by Gasteiger charge is -2.12. The van der Waals surface area contributed by atoms with Crippen LogP contribution in [0.1, 0.15) is 6.92 Å². The van der Waals surface area contributed by atoms with Gasteiger partial charge in [0.1, 0.15) is 15.6 Å². The van der Waals surface area contributed by atoms with E-state index in [4.69, 9.17) is 4.74 Å². The van der Waals surface area contributed by atoms with Crippen molar-refractivity contribution in [2.45, 2.75) is 13.0 Å². The van der Waals surface area contributed by atoms with Gasteiger partial charge in [-0.2, -0.15) is 0 Å². The lowest BCUT2D eigenvalue weighted by molar-refractivity contribution is -0.115. The van der Waals surface area contributed by atoms with E-state index in [0.717, 1.165) is 0 Å². The largest absolute Gasteiger partial charge is 0.497 e. The van der Waals surface area contributed by atoms with Crippen LogP contribution in [0.4, 0.5) is 5.69 Å². The van der Waals surface area contributed by atoms with Crippen LogP contribution in [-0.2, 0) is 14.6 Å². The van der Waals surface area contributed by atoms with E-state index in [1.54, 1.807) is 38.3 Å². The Labute approximate surface area is 119 Å². The molecule has 0 aliphatic rings. The summed E-state index contributed by atoms with van der Waals surface area (Å²) in [6.07, 6.45) is 1.17. The van der Waals surface area contributed by atoms with Crippen LogP contribution in [0, 0.1) is 0 Å². The Kier molecular flexibility index (Phi) is 5.97. The molecule has 1 aromatic rings. The van der Waals surface area contributed by atoms with Crippen molar-refractivity contribution in [3.63, 3.8) is 0 Å². The van der Waals surface area contributed by atoms with Crippen LogP contribution in [0.5, 0.6) is 5.75 Å². The molecule has 0 saturated heterocycles. The molecule has 6 nitrogen and oxygen atoms in total. The van der Waals surface area contributed by atoms with Gasteiger partial charge in [0, 0.05) is 24.1 Å². The average molecular weight is 300 g/mol. The van der Waals surface area contributed by atoms with E-state index in [9.17, 15) is 13.2 Å². The van der Waals surface area contributed by atoms with Crippen LogP contribution >= 0.6 is 0 Å². The van der Waals surface area contributed by atoms with Crippen molar-refractivity contribution in [1.82, 2.24) is 5.32 Å². The number of carbonyl (C=O) groups excluding carboxylic acids is 1. The molecule has 0 fully saturated rings. The Bertz CT molecular complexity index is 557. The molecule has 0 bridgehead atoms. The summed E-state index contributed by atoms with van der Waals surface area (Å²) in [5.41, 5.74) is 0.631. The molecule has 7 heteroatoms. The lowest BCUT2D eigenvalue weighted by Crippen LogP contribution is -2.38. The SMILES string of the molecule is COc1cccc(NC(=O)CNC(C)CS(C)(=O)=O)c1. The van der Waals surface area contributed by atoms with E-state index in [1.165, 1.54) is 6.26 Å². The van der Waals surface area contributed by atoms with Crippen LogP contribution < -0.4 is 15.4 Å². The number of hydrogen-bond acceptors (Lipinski definition) is 5. The molecule has 1 aromatic carbocycles. The molecule has 1 unspecified atom stereocenters. The van der Waals surface area contributed by atoms with E-state index in [-0.39, 0.29) is 24.2 Å². The van der Waals surface area contributed by atoms with Gasteiger partial charge in [-0.1, -0.05) is 6.07 Å². The van der Waals surface area contributed by atoms with Crippen molar-refractivity contribution in [1.29, 1.82) is 0 Å². The minimum atomic E-state index is -3.05. The van der Waals surface area contributed by atoms with Gasteiger partial charge >= 0.3 is 0 Å². The maximum absolute atomic E-state index is 11.7. The normalized spacial score (nSPS) is 12.8. The van der Waals surface area contributed by atoms with Gasteiger partial charge < -0.3 is 15.4 Å². The molecule has 0 aliphatic heterocycles. The second-order valence-corrected chi connectivity index (χ2v) is 6.84. The molecular weight excluding hydrogens is 280 g/mol. The van der Waals surface area contributed by atoms with Crippen molar-refractivity contribution in [2.75, 3.05) is 31.0 Å². The topological polar surface area (TPSA) is 84.5 Å². The van der Waals surface area contributed by atoms with Crippen molar-refractivity contribution in [2.24, 2.45) is 0 Å². The summed E-state index contributed by atoms with van der Waals surface area (Å²) in [5, 5.41) is 5.57. The Balaban J connectivity index is 2.43. The lowest BCUT2D eigenvalue weighted by atomic mass is 10.3. The van der Waals surface area contributed by atoms with E-state index >= 15 is 0 Å². The molecule has 0 spiro atoms. The molecule has 1 amide bonds. The summed E-state index contributed by atoms with van der Waals surface area (Å²) in [4.78, 5) is 11.7. The van der Waals surface area contributed by atoms with Crippen LogP contribution in [0.2, 0.25) is 0 Å². The van der Waals surface area contributed by atoms with Gasteiger partial charge in [0.2, 0.25) is 5.91 Å². The smallest absolute Gasteiger partial charge is 0.238 e. The molecule has 2 N–H and O–H groups in total. The van der Waals surface area contributed by atoms with Gasteiger partial charge in [0.05, 0.1) is 19.4 Å². The highest BCUT2D eigenvalue weighted by Gasteiger charge is 2.11. The summed E-state index contributed by atoms with van der Waals surface area (Å²) in [6.45, 7) is 1.77. The molecule has 20 heavy (non-hydrogen) atoms. The van der Waals surface area contributed by atoms with E-state index in [1.807, 2.05) is 0 Å². The second-order valence-electron chi connectivity index (χ2n) is 4.65. The number of anilines is 1. The number of carbonyl (C=O) groups is 1. The average Bonchev–Trinajstić information content (AvgIpc) is 2.34. The summed E-state index contributed by atoms with van der Waals surface area (Å²) >= 11 is 0. The van der Waals surface area contributed by atoms with Crippen molar-refractivity contribution in [3.05, 3.63) is 24.3 Å². The minimum absolute atomic E-state index is 0.000556. The standard InChI is InChI=1S/C13H20N2O4S/c1-10(9-20(3,17)18)14-8-13(16)15-11-5-4-6-12(7-11)19-2/h4-7,10,14H,8-9H2,1-3H3,(H,15,16). The minimum Gasteiger partial charge on any atom is -0.497 e. The quantitative estimate of drug-likeness (QED) is 0.772. The molecule has 0 aromatic heterocycles. The first-order valence-corrected chi connectivity index (χ1v) is 8.21. The molecule has 0 saturated carbocycles. The molecule has 1 rings (SSSR count). The fourth-order valence-corrected chi connectivity index (χ4v) is 2.71. The van der Waals surface area contributed by atoms with Gasteiger partial charge in [-0.15, -0.1) is 0 Å². The number of ether oxygens (including phenoxy) is 1. The zero-order chi connectivity index (χ0) is 15.2. The maximum atomic E-state index is 11.7. The fourth-order valence-electron chi connectivity index (χ4n) is 1.69. The monoisotopic (exact) mass is 300 g/mol. The number of methoxy groups -OCH3 is 1. The third-order valence-electron chi connectivity index (χ3n) is 2.52. The van der Waals surface area contributed by atoms with Crippen molar-refractivity contribution >= 4 is 21.4 Å². The number of hydrogen-bond donors (Lipinski definition) is 2. The van der Waals surface area contributed by atoms with E-state index < -0.39 is 9.84 Å². The van der Waals surface area contributed by atoms with Gasteiger partial charge in [-0.25, -0.2) is 8.42 Å².